The van der Waals surface area contributed by atoms with Crippen molar-refractivity contribution in [3.63, 3.8) is 0 Å². The number of unbranched alkanes of at least 4 members (excludes halogenated alkanes) is 16. The molecule has 6 nitrogen and oxygen atoms in total. The Hall–Kier alpha value is -5.49. The molecule has 0 amide bonds. The average molecular weight is 1130 g/mol. The van der Waals surface area contributed by atoms with Crippen LogP contribution in [0.2, 0.25) is 0 Å². The van der Waals surface area contributed by atoms with Gasteiger partial charge in [-0.1, -0.05) is 280 Å². The highest BCUT2D eigenvalue weighted by Crippen LogP contribution is 2.14. The van der Waals surface area contributed by atoms with Crippen molar-refractivity contribution < 1.29 is 28.6 Å². The fraction of sp³-hybridized carbons (Fsp3) is 0.566. The topological polar surface area (TPSA) is 78.9 Å². The van der Waals surface area contributed by atoms with E-state index in [9.17, 15) is 14.4 Å². The summed E-state index contributed by atoms with van der Waals surface area (Å²) in [7, 11) is 0. The lowest BCUT2D eigenvalue weighted by atomic mass is 10.1. The highest BCUT2D eigenvalue weighted by Gasteiger charge is 2.19. The van der Waals surface area contributed by atoms with Crippen LogP contribution in [0, 0.1) is 0 Å². The average Bonchev–Trinajstić information content (AvgIpc) is 3.47. The third-order valence-corrected chi connectivity index (χ3v) is 13.2. The molecule has 458 valence electrons. The Morgan fingerprint density at radius 3 is 0.744 bits per heavy atom. The van der Waals surface area contributed by atoms with Gasteiger partial charge < -0.3 is 14.2 Å². The molecular weight excluding hydrogens is 1010 g/mol. The molecule has 1 atom stereocenters. The summed E-state index contributed by atoms with van der Waals surface area (Å²) in [5, 5.41) is 0. The van der Waals surface area contributed by atoms with Gasteiger partial charge >= 0.3 is 17.9 Å². The zero-order chi connectivity index (χ0) is 59.2. The van der Waals surface area contributed by atoms with Gasteiger partial charge in [-0.25, -0.2) is 0 Å². The van der Waals surface area contributed by atoms with Crippen LogP contribution in [0.5, 0.6) is 0 Å². The zero-order valence-electron chi connectivity index (χ0n) is 52.4. The Labute approximate surface area is 504 Å². The molecule has 6 heteroatoms. The van der Waals surface area contributed by atoms with Crippen LogP contribution in [0.3, 0.4) is 0 Å². The molecular formula is C76H118O6. The summed E-state index contributed by atoms with van der Waals surface area (Å²) in [6.45, 7) is 6.31. The van der Waals surface area contributed by atoms with E-state index in [1.165, 1.54) is 44.9 Å². The molecule has 0 rings (SSSR count). The van der Waals surface area contributed by atoms with Gasteiger partial charge in [0.25, 0.3) is 0 Å². The van der Waals surface area contributed by atoms with E-state index in [0.29, 0.717) is 12.8 Å². The summed E-state index contributed by atoms with van der Waals surface area (Å²) in [5.74, 6) is -0.954. The van der Waals surface area contributed by atoms with Gasteiger partial charge in [-0.15, -0.1) is 0 Å². The van der Waals surface area contributed by atoms with Crippen molar-refractivity contribution in [1.29, 1.82) is 0 Å². The number of hydrogen-bond donors (Lipinski definition) is 0. The highest BCUT2D eigenvalue weighted by atomic mass is 16.6. The maximum atomic E-state index is 12.8. The first kappa shape index (κ1) is 76.5. The van der Waals surface area contributed by atoms with Crippen LogP contribution in [0.4, 0.5) is 0 Å². The molecule has 0 aromatic heterocycles. The largest absolute Gasteiger partial charge is 0.462 e. The Kier molecular flexibility index (Phi) is 63.5. The molecule has 0 saturated carbocycles. The van der Waals surface area contributed by atoms with Crippen LogP contribution in [-0.4, -0.2) is 37.2 Å². The van der Waals surface area contributed by atoms with Crippen LogP contribution in [-0.2, 0) is 28.6 Å². The number of allylic oxidation sites excluding steroid dienone is 30. The third-order valence-electron chi connectivity index (χ3n) is 13.2. The predicted octanol–water partition coefficient (Wildman–Crippen LogP) is 22.8. The molecule has 0 aromatic carbocycles. The molecule has 0 aromatic rings. The van der Waals surface area contributed by atoms with Gasteiger partial charge in [-0.2, -0.15) is 0 Å². The fourth-order valence-electron chi connectivity index (χ4n) is 8.32. The number of carbonyl (C=O) groups is 3. The fourth-order valence-corrected chi connectivity index (χ4v) is 8.32. The van der Waals surface area contributed by atoms with Crippen LogP contribution in [0.15, 0.2) is 182 Å². The summed E-state index contributed by atoms with van der Waals surface area (Å²) in [5.41, 5.74) is 0. The van der Waals surface area contributed by atoms with Crippen LogP contribution < -0.4 is 0 Å². The minimum absolute atomic E-state index is 0.0996. The summed E-state index contributed by atoms with van der Waals surface area (Å²) in [4.78, 5) is 38.0. The smallest absolute Gasteiger partial charge is 0.306 e. The first-order valence-corrected chi connectivity index (χ1v) is 32.8. The summed E-state index contributed by atoms with van der Waals surface area (Å²) >= 11 is 0. The van der Waals surface area contributed by atoms with Gasteiger partial charge in [0.15, 0.2) is 6.10 Å². The predicted molar refractivity (Wildman–Crippen MR) is 357 cm³/mol. The van der Waals surface area contributed by atoms with E-state index < -0.39 is 6.10 Å². The number of esters is 3. The molecule has 82 heavy (non-hydrogen) atoms. The highest BCUT2D eigenvalue weighted by molar-refractivity contribution is 5.71. The lowest BCUT2D eigenvalue weighted by Gasteiger charge is -2.18. The van der Waals surface area contributed by atoms with Crippen LogP contribution in [0.1, 0.15) is 258 Å². The van der Waals surface area contributed by atoms with Gasteiger partial charge in [0, 0.05) is 19.3 Å². The van der Waals surface area contributed by atoms with Crippen molar-refractivity contribution in [2.45, 2.75) is 264 Å². The minimum atomic E-state index is -0.803. The van der Waals surface area contributed by atoms with Crippen LogP contribution in [0.25, 0.3) is 0 Å². The van der Waals surface area contributed by atoms with E-state index in [1.807, 2.05) is 0 Å². The lowest BCUT2D eigenvalue weighted by molar-refractivity contribution is -0.167. The van der Waals surface area contributed by atoms with E-state index in [2.05, 4.69) is 203 Å². The molecule has 0 spiro atoms. The van der Waals surface area contributed by atoms with Gasteiger partial charge in [-0.3, -0.25) is 14.4 Å². The molecule has 0 aliphatic rings. The molecule has 1 unspecified atom stereocenters. The molecule has 0 heterocycles. The molecule has 0 fully saturated rings. The quantitative estimate of drug-likeness (QED) is 0.0261. The maximum Gasteiger partial charge on any atom is 0.306 e. The Balaban J connectivity index is 4.20. The Morgan fingerprint density at radius 2 is 0.476 bits per heavy atom. The number of rotatable bonds is 57. The molecule has 0 radical (unpaired) electrons. The second-order valence-electron chi connectivity index (χ2n) is 20.9. The third kappa shape index (κ3) is 65.3. The first-order chi connectivity index (χ1) is 40.5. The van der Waals surface area contributed by atoms with E-state index in [1.54, 1.807) is 0 Å². The van der Waals surface area contributed by atoms with Crippen molar-refractivity contribution in [1.82, 2.24) is 0 Å². The normalized spacial score (nSPS) is 13.4. The zero-order valence-corrected chi connectivity index (χ0v) is 52.4. The summed E-state index contributed by atoms with van der Waals surface area (Å²) in [6, 6.07) is 0. The van der Waals surface area contributed by atoms with Crippen molar-refractivity contribution in [3.05, 3.63) is 182 Å². The molecule has 0 saturated heterocycles. The van der Waals surface area contributed by atoms with E-state index in [4.69, 9.17) is 14.2 Å². The Bertz CT molecular complexity index is 1920. The van der Waals surface area contributed by atoms with Gasteiger partial charge in [0.2, 0.25) is 0 Å². The second-order valence-corrected chi connectivity index (χ2v) is 20.9. The van der Waals surface area contributed by atoms with E-state index in [-0.39, 0.29) is 37.5 Å². The molecule has 0 N–H and O–H groups in total. The minimum Gasteiger partial charge on any atom is -0.462 e. The standard InChI is InChI=1S/C76H118O6/c1-4-7-10-13-16-18-20-22-24-26-28-30-32-33-34-35-36-37-38-39-40-41-42-43-45-46-48-50-52-54-56-58-60-63-66-69-75(78)81-72-73(71-80-74(77)68-65-62-15-12-9-6-3)82-76(79)70-67-64-61-59-57-55-53-51-49-47-44-31-29-27-25-23-21-19-17-14-11-8-5-2/h7-8,10-11,16-19,22-25,28-31,33-34,36-37,39-40,42-43,46-49,53,55,73H,4-6,9,12-15,20-21,26-27,32,35,38,41,44-45,50-52,54,56-72H2,1-3H3/b10-7-,11-8-,18-16-,19-17-,24-22-,25-23-,30-28-,31-29-,34-33-,37-36-,40-39-,43-42-,48-46-,49-47-,55-53-. The molecule has 0 aliphatic carbocycles. The summed E-state index contributed by atoms with van der Waals surface area (Å²) < 4.78 is 16.8. The maximum absolute atomic E-state index is 12.8. The SMILES string of the molecule is CC/C=C\C/C=C\C/C=C\C/C=C\C/C=C\C/C=C\C/C=C\C/C=C\C/C=C\CCCCCCCCCC(=O)OCC(COC(=O)CCCCCCCC)OC(=O)CCCCCC/C=C\C/C=C\C/C=C\C/C=C\C/C=C\C/C=C\CC. The van der Waals surface area contributed by atoms with Gasteiger partial charge in [0.05, 0.1) is 0 Å². The Morgan fingerprint density at radius 1 is 0.256 bits per heavy atom. The van der Waals surface area contributed by atoms with Crippen LogP contribution >= 0.6 is 0 Å². The first-order valence-electron chi connectivity index (χ1n) is 32.8. The van der Waals surface area contributed by atoms with Crippen molar-refractivity contribution in [3.8, 4) is 0 Å². The van der Waals surface area contributed by atoms with E-state index in [0.717, 1.165) is 173 Å². The number of carbonyl (C=O) groups excluding carboxylic acids is 3. The monoisotopic (exact) mass is 1130 g/mol. The second kappa shape index (κ2) is 68.0. The molecule has 0 aliphatic heterocycles. The lowest BCUT2D eigenvalue weighted by Crippen LogP contribution is -2.30. The van der Waals surface area contributed by atoms with Crippen molar-refractivity contribution in [2.24, 2.45) is 0 Å². The molecule has 0 bridgehead atoms. The summed E-state index contributed by atoms with van der Waals surface area (Å²) in [6.07, 6.45) is 102. The van der Waals surface area contributed by atoms with E-state index >= 15 is 0 Å². The van der Waals surface area contributed by atoms with Gasteiger partial charge in [-0.05, 0) is 141 Å². The number of ether oxygens (including phenoxy) is 3. The van der Waals surface area contributed by atoms with Crippen molar-refractivity contribution >= 4 is 17.9 Å². The number of hydrogen-bond acceptors (Lipinski definition) is 6. The van der Waals surface area contributed by atoms with Crippen molar-refractivity contribution in [2.75, 3.05) is 13.2 Å². The van der Waals surface area contributed by atoms with Gasteiger partial charge in [0.1, 0.15) is 13.2 Å².